The monoisotopic (exact) mass is 324 g/mol. The van der Waals surface area contributed by atoms with Crippen molar-refractivity contribution in [2.75, 3.05) is 6.54 Å². The molecular weight excluding hydrogens is 304 g/mol. The van der Waals surface area contributed by atoms with E-state index in [0.29, 0.717) is 29.0 Å². The van der Waals surface area contributed by atoms with Crippen molar-refractivity contribution in [2.24, 2.45) is 0 Å². The summed E-state index contributed by atoms with van der Waals surface area (Å²) in [5.74, 6) is 0.434. The number of carbonyl (C=O) groups is 1. The van der Waals surface area contributed by atoms with Gasteiger partial charge >= 0.3 is 0 Å². The predicted octanol–water partition coefficient (Wildman–Crippen LogP) is 3.24. The van der Waals surface area contributed by atoms with Gasteiger partial charge in [0, 0.05) is 6.54 Å². The number of aliphatic hydroxyl groups excluding tert-OH is 1. The molecule has 0 aliphatic heterocycles. The van der Waals surface area contributed by atoms with E-state index in [1.54, 1.807) is 48.5 Å². The molecule has 2 rings (SSSR count). The van der Waals surface area contributed by atoms with Gasteiger partial charge in [-0.2, -0.15) is 5.26 Å². The molecule has 0 bridgehead atoms. The third kappa shape index (κ3) is 4.58. The lowest BCUT2D eigenvalue weighted by Gasteiger charge is -2.14. The number of nitrogens with one attached hydrogen (secondary N) is 1. The zero-order valence-electron chi connectivity index (χ0n) is 13.5. The molecule has 124 valence electrons. The van der Waals surface area contributed by atoms with Crippen LogP contribution < -0.4 is 10.1 Å². The van der Waals surface area contributed by atoms with Crippen LogP contribution in [0.3, 0.4) is 0 Å². The van der Waals surface area contributed by atoms with Gasteiger partial charge in [0.15, 0.2) is 0 Å². The lowest BCUT2D eigenvalue weighted by atomic mass is 10.1. The number of hydrogen-bond acceptors (Lipinski definition) is 4. The Hall–Kier alpha value is -2.84. The molecule has 0 radical (unpaired) electrons. The first-order valence-electron chi connectivity index (χ1n) is 7.88. The fourth-order valence-corrected chi connectivity index (χ4v) is 2.25. The fourth-order valence-electron chi connectivity index (χ4n) is 2.25. The zero-order valence-corrected chi connectivity index (χ0v) is 13.5. The quantitative estimate of drug-likeness (QED) is 0.819. The van der Waals surface area contributed by atoms with Crippen molar-refractivity contribution < 1.29 is 14.6 Å². The Kier molecular flexibility index (Phi) is 6.35. The van der Waals surface area contributed by atoms with E-state index < -0.39 is 6.10 Å². The summed E-state index contributed by atoms with van der Waals surface area (Å²) in [6, 6.07) is 15.7. The Bertz CT molecular complexity index is 737. The molecule has 0 saturated carbocycles. The number of amides is 1. The third-order valence-electron chi connectivity index (χ3n) is 3.48. The zero-order chi connectivity index (χ0) is 17.4. The average Bonchev–Trinajstić information content (AvgIpc) is 2.61. The summed E-state index contributed by atoms with van der Waals surface area (Å²) in [5, 5.41) is 21.6. The van der Waals surface area contributed by atoms with Gasteiger partial charge in [-0.1, -0.05) is 37.6 Å². The van der Waals surface area contributed by atoms with Crippen LogP contribution in [0.4, 0.5) is 0 Å². The number of rotatable bonds is 7. The van der Waals surface area contributed by atoms with Gasteiger partial charge in [0.1, 0.15) is 17.6 Å². The van der Waals surface area contributed by atoms with Crippen molar-refractivity contribution >= 4 is 5.91 Å². The summed E-state index contributed by atoms with van der Waals surface area (Å²) < 4.78 is 5.76. The summed E-state index contributed by atoms with van der Waals surface area (Å²) in [4.78, 5) is 12.4. The van der Waals surface area contributed by atoms with E-state index in [9.17, 15) is 9.90 Å². The van der Waals surface area contributed by atoms with Gasteiger partial charge in [0.2, 0.25) is 0 Å². The van der Waals surface area contributed by atoms with E-state index in [1.807, 2.05) is 6.92 Å². The minimum absolute atomic E-state index is 0.190. The van der Waals surface area contributed by atoms with E-state index in [0.717, 1.165) is 6.42 Å². The van der Waals surface area contributed by atoms with Crippen LogP contribution in [-0.4, -0.2) is 23.7 Å². The predicted molar refractivity (Wildman–Crippen MR) is 90.9 cm³/mol. The van der Waals surface area contributed by atoms with Crippen molar-refractivity contribution in [3.63, 3.8) is 0 Å². The van der Waals surface area contributed by atoms with E-state index >= 15 is 0 Å². The Balaban J connectivity index is 2.15. The number of benzene rings is 2. The number of nitrogens with zero attached hydrogens (tertiary/aromatic N) is 1. The normalized spacial score (nSPS) is 11.4. The molecule has 5 nitrogen and oxygen atoms in total. The van der Waals surface area contributed by atoms with E-state index in [2.05, 4.69) is 11.4 Å². The van der Waals surface area contributed by atoms with Gasteiger partial charge in [-0.05, 0) is 30.7 Å². The molecule has 1 atom stereocenters. The first-order valence-corrected chi connectivity index (χ1v) is 7.88. The molecule has 0 saturated heterocycles. The van der Waals surface area contributed by atoms with Crippen LogP contribution in [-0.2, 0) is 0 Å². The maximum absolute atomic E-state index is 12.4. The molecule has 0 fully saturated rings. The van der Waals surface area contributed by atoms with E-state index in [4.69, 9.17) is 10.00 Å². The molecule has 5 heteroatoms. The second kappa shape index (κ2) is 8.70. The van der Waals surface area contributed by atoms with Crippen molar-refractivity contribution in [3.05, 3.63) is 59.7 Å². The summed E-state index contributed by atoms with van der Waals surface area (Å²) in [6.45, 7) is 2.16. The van der Waals surface area contributed by atoms with Gasteiger partial charge in [-0.3, -0.25) is 4.79 Å². The Morgan fingerprint density at radius 3 is 2.58 bits per heavy atom. The van der Waals surface area contributed by atoms with Crippen LogP contribution in [0, 0.1) is 11.3 Å². The molecule has 0 spiro atoms. The van der Waals surface area contributed by atoms with Gasteiger partial charge < -0.3 is 15.2 Å². The second-order valence-electron chi connectivity index (χ2n) is 5.36. The topological polar surface area (TPSA) is 82.3 Å². The highest BCUT2D eigenvalue weighted by atomic mass is 16.5. The number of para-hydroxylation sites is 2. The second-order valence-corrected chi connectivity index (χ2v) is 5.36. The largest absolute Gasteiger partial charge is 0.455 e. The smallest absolute Gasteiger partial charge is 0.255 e. The number of aliphatic hydroxyl groups is 1. The van der Waals surface area contributed by atoms with Gasteiger partial charge in [-0.25, -0.2) is 0 Å². The maximum Gasteiger partial charge on any atom is 0.255 e. The molecule has 0 aromatic heterocycles. The molecular formula is C19H20N2O3. The Labute approximate surface area is 141 Å². The highest BCUT2D eigenvalue weighted by molar-refractivity contribution is 5.97. The van der Waals surface area contributed by atoms with E-state index in [1.165, 1.54) is 0 Å². The lowest BCUT2D eigenvalue weighted by molar-refractivity contribution is 0.0908. The van der Waals surface area contributed by atoms with Crippen molar-refractivity contribution in [1.29, 1.82) is 5.26 Å². The fraction of sp³-hybridized carbons (Fsp3) is 0.263. The summed E-state index contributed by atoms with van der Waals surface area (Å²) in [7, 11) is 0. The number of carbonyl (C=O) groups excluding carboxylic acids is 1. The summed E-state index contributed by atoms with van der Waals surface area (Å²) in [6.07, 6.45) is 0.918. The molecule has 1 amide bonds. The van der Waals surface area contributed by atoms with Crippen LogP contribution in [0.25, 0.3) is 0 Å². The van der Waals surface area contributed by atoms with Crippen molar-refractivity contribution in [2.45, 2.75) is 25.9 Å². The average molecular weight is 324 g/mol. The SMILES string of the molecule is CCCC(O)CNC(=O)c1ccccc1Oc1ccccc1C#N. The Morgan fingerprint density at radius 1 is 1.21 bits per heavy atom. The number of nitriles is 1. The van der Waals surface area contributed by atoms with Crippen LogP contribution in [0.2, 0.25) is 0 Å². The maximum atomic E-state index is 12.4. The number of hydrogen-bond donors (Lipinski definition) is 2. The molecule has 2 aromatic carbocycles. The van der Waals surface area contributed by atoms with Crippen molar-refractivity contribution in [1.82, 2.24) is 5.32 Å². The van der Waals surface area contributed by atoms with Crippen LogP contribution in [0.15, 0.2) is 48.5 Å². The summed E-state index contributed by atoms with van der Waals surface area (Å²) >= 11 is 0. The van der Waals surface area contributed by atoms with Gasteiger partial charge in [0.25, 0.3) is 5.91 Å². The van der Waals surface area contributed by atoms with E-state index in [-0.39, 0.29) is 12.5 Å². The van der Waals surface area contributed by atoms with Crippen LogP contribution >= 0.6 is 0 Å². The lowest BCUT2D eigenvalue weighted by Crippen LogP contribution is -2.32. The molecule has 0 aliphatic carbocycles. The molecule has 24 heavy (non-hydrogen) atoms. The minimum atomic E-state index is -0.564. The molecule has 0 heterocycles. The summed E-state index contributed by atoms with van der Waals surface area (Å²) in [5.41, 5.74) is 0.750. The first-order chi connectivity index (χ1) is 11.7. The van der Waals surface area contributed by atoms with Crippen LogP contribution in [0.5, 0.6) is 11.5 Å². The minimum Gasteiger partial charge on any atom is -0.455 e. The van der Waals surface area contributed by atoms with Gasteiger partial charge in [-0.15, -0.1) is 0 Å². The third-order valence-corrected chi connectivity index (χ3v) is 3.48. The molecule has 0 aliphatic rings. The molecule has 1 unspecified atom stereocenters. The highest BCUT2D eigenvalue weighted by Gasteiger charge is 2.15. The van der Waals surface area contributed by atoms with Gasteiger partial charge in [0.05, 0.1) is 17.2 Å². The highest BCUT2D eigenvalue weighted by Crippen LogP contribution is 2.27. The molecule has 2 aromatic rings. The van der Waals surface area contributed by atoms with Crippen molar-refractivity contribution in [3.8, 4) is 17.6 Å². The Morgan fingerprint density at radius 2 is 1.88 bits per heavy atom. The first kappa shape index (κ1) is 17.5. The molecule has 2 N–H and O–H groups in total. The standard InChI is InChI=1S/C19H20N2O3/c1-2-7-15(22)13-21-19(23)16-9-4-6-11-18(16)24-17-10-5-3-8-14(17)12-20/h3-6,8-11,15,22H,2,7,13H2,1H3,(H,21,23). The number of ether oxygens (including phenoxy) is 1. The van der Waals surface area contributed by atoms with Crippen LogP contribution in [0.1, 0.15) is 35.7 Å².